The standard InChI is InChI=1S/C8H10N2O7/c9-17-8(16)2-1-5(11)10(3-6(12)13)4-7(14)15/h1-2H,3-4,9H2,(H,12,13)(H,14,15)/b2-1-. The molecule has 0 saturated carbocycles. The second-order valence-electron chi connectivity index (χ2n) is 2.75. The molecule has 0 fully saturated rings. The number of carbonyl (C=O) groups is 4. The van der Waals surface area contributed by atoms with Gasteiger partial charge in [-0.15, -0.1) is 0 Å². The second kappa shape index (κ2) is 6.95. The Hall–Kier alpha value is -2.42. The van der Waals surface area contributed by atoms with Crippen molar-refractivity contribution in [3.63, 3.8) is 0 Å². The van der Waals surface area contributed by atoms with E-state index in [2.05, 4.69) is 10.7 Å². The minimum Gasteiger partial charge on any atom is -0.480 e. The fraction of sp³-hybridized carbons (Fsp3) is 0.250. The number of aliphatic carboxylic acids is 2. The number of nitrogens with two attached hydrogens (primary N) is 1. The van der Waals surface area contributed by atoms with Crippen LogP contribution in [-0.4, -0.2) is 52.0 Å². The predicted octanol–water partition coefficient (Wildman–Crippen LogP) is -2.04. The van der Waals surface area contributed by atoms with Crippen molar-refractivity contribution in [1.29, 1.82) is 0 Å². The van der Waals surface area contributed by atoms with Gasteiger partial charge in [-0.3, -0.25) is 14.4 Å². The zero-order chi connectivity index (χ0) is 13.4. The smallest absolute Gasteiger partial charge is 0.349 e. The van der Waals surface area contributed by atoms with E-state index in [0.29, 0.717) is 17.1 Å². The third kappa shape index (κ3) is 6.62. The van der Waals surface area contributed by atoms with Crippen LogP contribution in [0.25, 0.3) is 0 Å². The minimum absolute atomic E-state index is 0.519. The number of rotatable bonds is 6. The Kier molecular flexibility index (Phi) is 5.96. The summed E-state index contributed by atoms with van der Waals surface area (Å²) in [4.78, 5) is 46.8. The number of hydrogen-bond donors (Lipinski definition) is 3. The molecule has 0 unspecified atom stereocenters. The van der Waals surface area contributed by atoms with E-state index in [1.54, 1.807) is 0 Å². The van der Waals surface area contributed by atoms with Gasteiger partial charge >= 0.3 is 17.9 Å². The van der Waals surface area contributed by atoms with E-state index in [4.69, 9.17) is 10.2 Å². The van der Waals surface area contributed by atoms with Gasteiger partial charge in [-0.25, -0.2) is 4.79 Å². The van der Waals surface area contributed by atoms with Gasteiger partial charge in [0.2, 0.25) is 5.91 Å². The first-order valence-electron chi connectivity index (χ1n) is 4.18. The molecule has 0 aromatic heterocycles. The number of carboxylic acid groups (broad SMARTS) is 2. The van der Waals surface area contributed by atoms with Crippen molar-refractivity contribution in [2.24, 2.45) is 5.90 Å². The van der Waals surface area contributed by atoms with Crippen molar-refractivity contribution < 1.29 is 34.2 Å². The summed E-state index contributed by atoms with van der Waals surface area (Å²) in [5.74, 6) is -0.261. The zero-order valence-electron chi connectivity index (χ0n) is 8.53. The molecule has 17 heavy (non-hydrogen) atoms. The quantitative estimate of drug-likeness (QED) is 0.358. The average molecular weight is 246 g/mol. The molecule has 0 aromatic rings. The van der Waals surface area contributed by atoms with E-state index in [1.165, 1.54) is 0 Å². The number of amides is 1. The number of hydrogen-bond acceptors (Lipinski definition) is 6. The Labute approximate surface area is 95.0 Å². The molecule has 94 valence electrons. The van der Waals surface area contributed by atoms with Crippen LogP contribution in [0.2, 0.25) is 0 Å². The van der Waals surface area contributed by atoms with Gasteiger partial charge in [-0.05, 0) is 0 Å². The van der Waals surface area contributed by atoms with E-state index >= 15 is 0 Å². The van der Waals surface area contributed by atoms with Crippen molar-refractivity contribution in [3.8, 4) is 0 Å². The molecule has 0 atom stereocenters. The average Bonchev–Trinajstić information content (AvgIpc) is 2.23. The van der Waals surface area contributed by atoms with Crippen molar-refractivity contribution >= 4 is 23.8 Å². The third-order valence-electron chi connectivity index (χ3n) is 1.44. The molecule has 9 heteroatoms. The lowest BCUT2D eigenvalue weighted by Crippen LogP contribution is -2.38. The van der Waals surface area contributed by atoms with Crippen LogP contribution in [-0.2, 0) is 24.0 Å². The van der Waals surface area contributed by atoms with Crippen molar-refractivity contribution in [2.75, 3.05) is 13.1 Å². The summed E-state index contributed by atoms with van der Waals surface area (Å²) >= 11 is 0. The van der Waals surface area contributed by atoms with Crippen LogP contribution in [0.15, 0.2) is 12.2 Å². The van der Waals surface area contributed by atoms with Crippen LogP contribution in [0.4, 0.5) is 0 Å². The summed E-state index contributed by atoms with van der Waals surface area (Å²) < 4.78 is 0. The van der Waals surface area contributed by atoms with E-state index in [9.17, 15) is 19.2 Å². The molecule has 0 saturated heterocycles. The lowest BCUT2D eigenvalue weighted by Gasteiger charge is -2.15. The molecule has 9 nitrogen and oxygen atoms in total. The highest BCUT2D eigenvalue weighted by atomic mass is 16.7. The van der Waals surface area contributed by atoms with Crippen LogP contribution < -0.4 is 5.90 Å². The van der Waals surface area contributed by atoms with Gasteiger partial charge in [0.25, 0.3) is 0 Å². The molecule has 1 amide bonds. The normalized spacial score (nSPS) is 9.94. The largest absolute Gasteiger partial charge is 0.480 e. The van der Waals surface area contributed by atoms with Crippen molar-refractivity contribution in [2.45, 2.75) is 0 Å². The second-order valence-corrected chi connectivity index (χ2v) is 2.75. The molecular weight excluding hydrogens is 236 g/mol. The van der Waals surface area contributed by atoms with Gasteiger partial charge < -0.3 is 20.0 Å². The van der Waals surface area contributed by atoms with Gasteiger partial charge in [-0.1, -0.05) is 0 Å². The highest BCUT2D eigenvalue weighted by Crippen LogP contribution is 1.93. The number of carboxylic acids is 2. The molecule has 4 N–H and O–H groups in total. The molecular formula is C8H10N2O7. The molecule has 0 aliphatic rings. The maximum atomic E-state index is 11.3. The van der Waals surface area contributed by atoms with E-state index in [0.717, 1.165) is 0 Å². The molecule has 0 aromatic carbocycles. The lowest BCUT2D eigenvalue weighted by atomic mass is 10.4. The third-order valence-corrected chi connectivity index (χ3v) is 1.44. The minimum atomic E-state index is -1.38. The summed E-state index contributed by atoms with van der Waals surface area (Å²) in [5.41, 5.74) is 0. The first-order valence-corrected chi connectivity index (χ1v) is 4.18. The van der Waals surface area contributed by atoms with E-state index in [-0.39, 0.29) is 0 Å². The monoisotopic (exact) mass is 246 g/mol. The molecule has 0 aliphatic carbocycles. The Balaban J connectivity index is 4.62. The number of carbonyl (C=O) groups excluding carboxylic acids is 2. The summed E-state index contributed by atoms with van der Waals surface area (Å²) in [6, 6.07) is 0. The highest BCUT2D eigenvalue weighted by Gasteiger charge is 2.17. The number of nitrogens with zero attached hydrogens (tertiary/aromatic N) is 1. The van der Waals surface area contributed by atoms with Crippen LogP contribution in [0.3, 0.4) is 0 Å². The maximum absolute atomic E-state index is 11.3. The van der Waals surface area contributed by atoms with Gasteiger partial charge in [0.1, 0.15) is 13.1 Å². The summed E-state index contributed by atoms with van der Waals surface area (Å²) in [5, 5.41) is 16.9. The first-order chi connectivity index (χ1) is 7.86. The van der Waals surface area contributed by atoms with Gasteiger partial charge in [0, 0.05) is 12.2 Å². The summed E-state index contributed by atoms with van der Waals surface area (Å²) in [6.45, 7) is -1.60. The molecule has 0 bridgehead atoms. The van der Waals surface area contributed by atoms with Crippen LogP contribution in [0, 0.1) is 0 Å². The fourth-order valence-corrected chi connectivity index (χ4v) is 0.822. The van der Waals surface area contributed by atoms with Crippen LogP contribution in [0.5, 0.6) is 0 Å². The topological polar surface area (TPSA) is 147 Å². The molecule has 0 spiro atoms. The highest BCUT2D eigenvalue weighted by molar-refractivity contribution is 5.96. The molecule has 0 radical (unpaired) electrons. The first kappa shape index (κ1) is 14.6. The van der Waals surface area contributed by atoms with Gasteiger partial charge in [-0.2, -0.15) is 5.90 Å². The fourth-order valence-electron chi connectivity index (χ4n) is 0.822. The summed E-state index contributed by atoms with van der Waals surface area (Å²) in [7, 11) is 0. The van der Waals surface area contributed by atoms with Gasteiger partial charge in [0.15, 0.2) is 0 Å². The molecule has 0 heterocycles. The molecule has 0 rings (SSSR count). The molecule has 0 aliphatic heterocycles. The van der Waals surface area contributed by atoms with Gasteiger partial charge in [0.05, 0.1) is 0 Å². The maximum Gasteiger partial charge on any atom is 0.349 e. The van der Waals surface area contributed by atoms with Crippen molar-refractivity contribution in [1.82, 2.24) is 4.90 Å². The Morgan fingerprint density at radius 3 is 1.88 bits per heavy atom. The Bertz CT molecular complexity index is 347. The Morgan fingerprint density at radius 1 is 1.06 bits per heavy atom. The SMILES string of the molecule is NOC(=O)/C=C\C(=O)N(CC(=O)O)CC(=O)O. The van der Waals surface area contributed by atoms with Crippen LogP contribution >= 0.6 is 0 Å². The van der Waals surface area contributed by atoms with Crippen LogP contribution in [0.1, 0.15) is 0 Å². The lowest BCUT2D eigenvalue weighted by molar-refractivity contribution is -0.147. The van der Waals surface area contributed by atoms with E-state index < -0.39 is 36.9 Å². The Morgan fingerprint density at radius 2 is 1.53 bits per heavy atom. The summed E-state index contributed by atoms with van der Waals surface area (Å²) in [6.07, 6.45) is 1.32. The van der Waals surface area contributed by atoms with E-state index in [1.807, 2.05) is 0 Å². The predicted molar refractivity (Wildman–Crippen MR) is 51.3 cm³/mol. The zero-order valence-corrected chi connectivity index (χ0v) is 8.53. The van der Waals surface area contributed by atoms with Crippen molar-refractivity contribution in [3.05, 3.63) is 12.2 Å².